The Morgan fingerprint density at radius 1 is 1.47 bits per heavy atom. The Labute approximate surface area is 112 Å². The van der Waals surface area contributed by atoms with E-state index < -0.39 is 0 Å². The van der Waals surface area contributed by atoms with Gasteiger partial charge in [-0.05, 0) is 26.8 Å². The summed E-state index contributed by atoms with van der Waals surface area (Å²) in [5, 5.41) is 0. The van der Waals surface area contributed by atoms with Gasteiger partial charge in [-0.15, -0.1) is 0 Å². The van der Waals surface area contributed by atoms with E-state index in [-0.39, 0.29) is 0 Å². The summed E-state index contributed by atoms with van der Waals surface area (Å²) in [7, 11) is 2.25. The van der Waals surface area contributed by atoms with Crippen LogP contribution in [0, 0.1) is 6.92 Å². The van der Waals surface area contributed by atoms with Gasteiger partial charge in [-0.1, -0.05) is 28.8 Å². The van der Waals surface area contributed by atoms with Gasteiger partial charge in [0.25, 0.3) is 0 Å². The smallest absolute Gasteiger partial charge is 0.105 e. The van der Waals surface area contributed by atoms with Crippen molar-refractivity contribution in [3.05, 3.63) is 18.2 Å². The second-order valence-corrected chi connectivity index (χ2v) is 6.19. The Morgan fingerprint density at radius 3 is 2.88 bits per heavy atom. The highest BCUT2D eigenvalue weighted by Crippen LogP contribution is 2.27. The normalized spacial score (nSPS) is 25.4. The first kappa shape index (κ1) is 13.1. The lowest BCUT2D eigenvalue weighted by Crippen LogP contribution is -2.42. The first-order chi connectivity index (χ1) is 8.18. The first-order valence-electron chi connectivity index (χ1n) is 6.50. The van der Waals surface area contributed by atoms with Crippen LogP contribution in [0.15, 0.2) is 12.4 Å². The zero-order chi connectivity index (χ0) is 12.3. The molecule has 0 amide bonds. The zero-order valence-corrected chi connectivity index (χ0v) is 12.4. The van der Waals surface area contributed by atoms with Crippen molar-refractivity contribution in [3.63, 3.8) is 0 Å². The van der Waals surface area contributed by atoms with Gasteiger partial charge >= 0.3 is 0 Å². The fourth-order valence-electron chi connectivity index (χ4n) is 2.63. The maximum atomic E-state index is 4.26. The van der Waals surface area contributed by atoms with E-state index >= 15 is 0 Å². The molecule has 17 heavy (non-hydrogen) atoms. The highest BCUT2D eigenvalue weighted by Gasteiger charge is 2.25. The Balaban J connectivity index is 1.84. The van der Waals surface area contributed by atoms with E-state index in [2.05, 4.69) is 50.5 Å². The average Bonchev–Trinajstić information content (AvgIpc) is 2.72. The highest BCUT2D eigenvalue weighted by atomic mass is 79.9. The quantitative estimate of drug-likeness (QED) is 0.797. The van der Waals surface area contributed by atoms with Crippen molar-refractivity contribution >= 4 is 15.9 Å². The molecule has 1 aromatic heterocycles. The van der Waals surface area contributed by atoms with Gasteiger partial charge in [0, 0.05) is 36.4 Å². The van der Waals surface area contributed by atoms with Crippen LogP contribution in [0.3, 0.4) is 0 Å². The summed E-state index contributed by atoms with van der Waals surface area (Å²) in [6.07, 6.45) is 9.34. The van der Waals surface area contributed by atoms with E-state index in [1.54, 1.807) is 0 Å². The van der Waals surface area contributed by atoms with Crippen LogP contribution in [0.1, 0.15) is 31.5 Å². The molecule has 2 unspecified atom stereocenters. The van der Waals surface area contributed by atoms with E-state index in [4.69, 9.17) is 0 Å². The van der Waals surface area contributed by atoms with Crippen molar-refractivity contribution < 1.29 is 0 Å². The molecule has 1 saturated carbocycles. The maximum absolute atomic E-state index is 4.26. The van der Waals surface area contributed by atoms with Gasteiger partial charge in [-0.3, -0.25) is 0 Å². The van der Waals surface area contributed by atoms with Crippen molar-refractivity contribution in [2.75, 3.05) is 13.6 Å². The van der Waals surface area contributed by atoms with Crippen molar-refractivity contribution in [2.45, 2.75) is 50.0 Å². The van der Waals surface area contributed by atoms with Crippen molar-refractivity contribution in [3.8, 4) is 0 Å². The predicted molar refractivity (Wildman–Crippen MR) is 74.6 cm³/mol. The molecular formula is C13H22BrN3. The molecule has 1 fully saturated rings. The van der Waals surface area contributed by atoms with Crippen LogP contribution in [-0.2, 0) is 6.54 Å². The molecule has 0 aliphatic heterocycles. The number of aryl methyl sites for hydroxylation is 1. The Kier molecular flexibility index (Phi) is 4.62. The summed E-state index contributed by atoms with van der Waals surface area (Å²) in [6.45, 7) is 4.20. The van der Waals surface area contributed by atoms with Crippen molar-refractivity contribution in [1.29, 1.82) is 0 Å². The topological polar surface area (TPSA) is 21.1 Å². The number of alkyl halides is 1. The zero-order valence-electron chi connectivity index (χ0n) is 10.8. The van der Waals surface area contributed by atoms with E-state index in [1.165, 1.54) is 25.7 Å². The number of nitrogens with zero attached hydrogens (tertiary/aromatic N) is 3. The van der Waals surface area contributed by atoms with Gasteiger partial charge in [-0.2, -0.15) is 0 Å². The Bertz CT molecular complexity index is 350. The van der Waals surface area contributed by atoms with Crippen molar-refractivity contribution in [2.24, 2.45) is 0 Å². The van der Waals surface area contributed by atoms with E-state index in [1.807, 2.05) is 6.20 Å². The van der Waals surface area contributed by atoms with E-state index in [9.17, 15) is 0 Å². The lowest BCUT2D eigenvalue weighted by atomic mass is 9.94. The molecule has 1 aromatic rings. The van der Waals surface area contributed by atoms with Gasteiger partial charge in [0.2, 0.25) is 0 Å². The molecule has 3 nitrogen and oxygen atoms in total. The molecule has 1 heterocycles. The minimum atomic E-state index is 0.671. The minimum absolute atomic E-state index is 0.671. The second kappa shape index (κ2) is 6.01. The van der Waals surface area contributed by atoms with Gasteiger partial charge in [0.15, 0.2) is 0 Å². The summed E-state index contributed by atoms with van der Waals surface area (Å²) in [5.74, 6) is 1.11. The van der Waals surface area contributed by atoms with Crippen molar-refractivity contribution in [1.82, 2.24) is 14.5 Å². The molecule has 4 heteroatoms. The fourth-order valence-corrected chi connectivity index (χ4v) is 3.63. The summed E-state index contributed by atoms with van der Waals surface area (Å²) in [4.78, 5) is 7.43. The Morgan fingerprint density at radius 2 is 2.24 bits per heavy atom. The second-order valence-electron chi connectivity index (χ2n) is 5.02. The fraction of sp³-hybridized carbons (Fsp3) is 0.769. The number of rotatable bonds is 4. The van der Waals surface area contributed by atoms with Gasteiger partial charge in [0.1, 0.15) is 5.82 Å². The number of halogens is 1. The average molecular weight is 300 g/mol. The molecule has 0 N–H and O–H groups in total. The monoisotopic (exact) mass is 299 g/mol. The number of likely N-dealkylation sites (N-methyl/N-ethyl adjacent to an activating group) is 1. The highest BCUT2D eigenvalue weighted by molar-refractivity contribution is 9.09. The molecule has 2 atom stereocenters. The molecule has 0 saturated heterocycles. The van der Waals surface area contributed by atoms with Crippen LogP contribution in [-0.4, -0.2) is 38.9 Å². The lowest BCUT2D eigenvalue weighted by Gasteiger charge is -2.35. The molecule has 0 aromatic carbocycles. The number of hydrogen-bond acceptors (Lipinski definition) is 2. The molecular weight excluding hydrogens is 278 g/mol. The first-order valence-corrected chi connectivity index (χ1v) is 7.42. The summed E-state index contributed by atoms with van der Waals surface area (Å²) in [5.41, 5.74) is 0. The number of imidazole rings is 1. The molecule has 0 spiro atoms. The third-order valence-corrected chi connectivity index (χ3v) is 4.90. The molecule has 1 aliphatic carbocycles. The number of hydrogen-bond donors (Lipinski definition) is 0. The molecule has 1 aliphatic rings. The van der Waals surface area contributed by atoms with Crippen LogP contribution < -0.4 is 0 Å². The Hall–Kier alpha value is -0.350. The maximum Gasteiger partial charge on any atom is 0.105 e. The van der Waals surface area contributed by atoms with Crippen LogP contribution in [0.4, 0.5) is 0 Å². The molecule has 2 rings (SSSR count). The largest absolute Gasteiger partial charge is 0.334 e. The summed E-state index contributed by atoms with van der Waals surface area (Å²) >= 11 is 3.83. The number of aromatic nitrogens is 2. The van der Waals surface area contributed by atoms with E-state index in [0.717, 1.165) is 18.9 Å². The van der Waals surface area contributed by atoms with Crippen LogP contribution in [0.25, 0.3) is 0 Å². The van der Waals surface area contributed by atoms with Crippen LogP contribution in [0.5, 0.6) is 0 Å². The third kappa shape index (κ3) is 3.32. The van der Waals surface area contributed by atoms with Gasteiger partial charge in [-0.25, -0.2) is 4.98 Å². The molecule has 0 bridgehead atoms. The molecule has 0 radical (unpaired) electrons. The molecule has 96 valence electrons. The van der Waals surface area contributed by atoms with E-state index in [0.29, 0.717) is 10.9 Å². The predicted octanol–water partition coefficient (Wildman–Crippen LogP) is 2.83. The minimum Gasteiger partial charge on any atom is -0.334 e. The third-order valence-electron chi connectivity index (χ3n) is 3.83. The lowest BCUT2D eigenvalue weighted by molar-refractivity contribution is 0.193. The van der Waals surface area contributed by atoms with Gasteiger partial charge < -0.3 is 9.47 Å². The van der Waals surface area contributed by atoms with Gasteiger partial charge in [0.05, 0.1) is 0 Å². The van der Waals surface area contributed by atoms with Crippen LogP contribution >= 0.6 is 15.9 Å². The summed E-state index contributed by atoms with van der Waals surface area (Å²) in [6, 6.07) is 0.701. The summed E-state index contributed by atoms with van der Waals surface area (Å²) < 4.78 is 2.22. The standard InChI is InChI=1S/C13H22BrN3/c1-11-15-7-8-17(11)10-9-16(2)13-6-4-3-5-12(13)14/h7-8,12-13H,3-6,9-10H2,1-2H3. The van der Waals surface area contributed by atoms with Crippen LogP contribution in [0.2, 0.25) is 0 Å². The SMILES string of the molecule is Cc1nccn1CCN(C)C1CCCCC1Br.